The van der Waals surface area contributed by atoms with Crippen LogP contribution in [0.15, 0.2) is 0 Å². The maximum absolute atomic E-state index is 10.7. The lowest BCUT2D eigenvalue weighted by Crippen LogP contribution is -2.01. The van der Waals surface area contributed by atoms with Gasteiger partial charge in [0.25, 0.3) is 0 Å². The van der Waals surface area contributed by atoms with E-state index in [2.05, 4.69) is 0 Å². The van der Waals surface area contributed by atoms with Crippen LogP contribution in [0.5, 0.6) is 0 Å². The van der Waals surface area contributed by atoms with Crippen molar-refractivity contribution in [3.05, 3.63) is 0 Å². The summed E-state index contributed by atoms with van der Waals surface area (Å²) in [6.45, 7) is 0. The Labute approximate surface area is 92.0 Å². The van der Waals surface area contributed by atoms with Crippen molar-refractivity contribution in [3.8, 4) is 0 Å². The summed E-state index contributed by atoms with van der Waals surface area (Å²) in [7, 11) is 5.44. The second kappa shape index (κ2) is 8.06. The van der Waals surface area contributed by atoms with Crippen molar-refractivity contribution in [3.63, 3.8) is 0 Å². The second-order valence-electron chi connectivity index (χ2n) is 3.22. The number of carbonyl (C=O) groups is 1. The van der Waals surface area contributed by atoms with E-state index < -0.39 is 0 Å². The molecule has 1 saturated heterocycles. The predicted octanol–water partition coefficient (Wildman–Crippen LogP) is 3.94. The Morgan fingerprint density at radius 1 is 1.08 bits per heavy atom. The SMILES string of the molecule is O=CC1CCCCCCCSSS1. The zero-order valence-electron chi connectivity index (χ0n) is 7.74. The minimum atomic E-state index is 0.232. The molecule has 0 N–H and O–H groups in total. The van der Waals surface area contributed by atoms with Crippen LogP contribution in [-0.2, 0) is 4.79 Å². The molecule has 0 amide bonds. The maximum atomic E-state index is 10.7. The minimum Gasteiger partial charge on any atom is -0.302 e. The first kappa shape index (κ1) is 11.8. The lowest BCUT2D eigenvalue weighted by Gasteiger charge is -2.06. The first-order valence-corrected chi connectivity index (χ1v) is 8.55. The summed E-state index contributed by atoms with van der Waals surface area (Å²) in [5, 5.41) is 0.232. The van der Waals surface area contributed by atoms with E-state index in [0.717, 1.165) is 12.7 Å². The molecular formula is C9H16OS3. The molecule has 0 saturated carbocycles. The summed E-state index contributed by atoms with van der Waals surface area (Å²) < 4.78 is 0. The van der Waals surface area contributed by atoms with Gasteiger partial charge in [0.05, 0.1) is 5.25 Å². The van der Waals surface area contributed by atoms with E-state index >= 15 is 0 Å². The molecule has 1 heterocycles. The number of carbonyl (C=O) groups excluding carboxylic acids is 1. The summed E-state index contributed by atoms with van der Waals surface area (Å²) in [6.07, 6.45) is 8.76. The number of hydrogen-bond donors (Lipinski definition) is 0. The van der Waals surface area contributed by atoms with Crippen LogP contribution in [0.1, 0.15) is 38.5 Å². The summed E-state index contributed by atoms with van der Waals surface area (Å²) in [4.78, 5) is 10.7. The van der Waals surface area contributed by atoms with E-state index in [1.165, 1.54) is 37.9 Å². The molecule has 0 aromatic carbocycles. The largest absolute Gasteiger partial charge is 0.302 e. The fourth-order valence-corrected chi connectivity index (χ4v) is 5.62. The molecule has 0 aromatic rings. The Hall–Kier alpha value is 0.720. The third-order valence-electron chi connectivity index (χ3n) is 2.08. The number of hydrogen-bond acceptors (Lipinski definition) is 4. The first-order valence-electron chi connectivity index (χ1n) is 4.83. The first-order chi connectivity index (χ1) is 6.43. The van der Waals surface area contributed by atoms with Crippen molar-refractivity contribution < 1.29 is 4.79 Å². The van der Waals surface area contributed by atoms with Gasteiger partial charge in [-0.05, 0) is 22.7 Å². The van der Waals surface area contributed by atoms with E-state index in [1.807, 2.05) is 10.8 Å². The van der Waals surface area contributed by atoms with Gasteiger partial charge >= 0.3 is 0 Å². The van der Waals surface area contributed by atoms with Gasteiger partial charge in [-0.15, -0.1) is 0 Å². The zero-order chi connectivity index (χ0) is 9.36. The van der Waals surface area contributed by atoms with Crippen molar-refractivity contribution in [2.75, 3.05) is 5.75 Å². The summed E-state index contributed by atoms with van der Waals surface area (Å²) >= 11 is 0. The number of aldehydes is 1. The average molecular weight is 236 g/mol. The van der Waals surface area contributed by atoms with Crippen molar-refractivity contribution >= 4 is 37.7 Å². The quantitative estimate of drug-likeness (QED) is 0.506. The molecule has 13 heavy (non-hydrogen) atoms. The molecule has 0 bridgehead atoms. The Bertz CT molecular complexity index is 129. The summed E-state index contributed by atoms with van der Waals surface area (Å²) in [5.41, 5.74) is 0. The van der Waals surface area contributed by atoms with Crippen molar-refractivity contribution in [1.29, 1.82) is 0 Å². The molecule has 1 rings (SSSR count). The number of rotatable bonds is 1. The Morgan fingerprint density at radius 3 is 2.69 bits per heavy atom. The Balaban J connectivity index is 2.22. The van der Waals surface area contributed by atoms with E-state index in [0.29, 0.717) is 0 Å². The molecule has 1 aliphatic rings. The van der Waals surface area contributed by atoms with Gasteiger partial charge in [-0.3, -0.25) is 0 Å². The Morgan fingerprint density at radius 2 is 1.85 bits per heavy atom. The highest BCUT2D eigenvalue weighted by atomic mass is 33.5. The standard InChI is InChI=1S/C9H16OS3/c10-8-9-6-4-2-1-3-5-7-11-13-12-9/h8-9H,1-7H2. The molecule has 1 unspecified atom stereocenters. The van der Waals surface area contributed by atoms with Crippen molar-refractivity contribution in [2.24, 2.45) is 0 Å². The highest BCUT2D eigenvalue weighted by molar-refractivity contribution is 9.09. The molecule has 1 nitrogen and oxygen atoms in total. The minimum absolute atomic E-state index is 0.232. The normalized spacial score (nSPS) is 27.5. The molecule has 0 radical (unpaired) electrons. The third-order valence-corrected chi connectivity index (χ3v) is 6.64. The molecule has 0 spiro atoms. The molecule has 76 valence electrons. The maximum Gasteiger partial charge on any atom is 0.133 e. The van der Waals surface area contributed by atoms with Gasteiger partial charge in [-0.1, -0.05) is 47.3 Å². The van der Waals surface area contributed by atoms with Crippen LogP contribution in [0.2, 0.25) is 0 Å². The van der Waals surface area contributed by atoms with E-state index in [-0.39, 0.29) is 5.25 Å². The topological polar surface area (TPSA) is 17.1 Å². The van der Waals surface area contributed by atoms with E-state index in [4.69, 9.17) is 0 Å². The van der Waals surface area contributed by atoms with Gasteiger partial charge < -0.3 is 4.79 Å². The molecule has 4 heteroatoms. The molecular weight excluding hydrogens is 220 g/mol. The van der Waals surface area contributed by atoms with Gasteiger partial charge in [-0.25, -0.2) is 0 Å². The van der Waals surface area contributed by atoms with Crippen LogP contribution >= 0.6 is 31.4 Å². The molecule has 0 aromatic heterocycles. The summed E-state index contributed by atoms with van der Waals surface area (Å²) in [6, 6.07) is 0. The molecule has 0 aliphatic carbocycles. The fourth-order valence-electron chi connectivity index (χ4n) is 1.29. The van der Waals surface area contributed by atoms with E-state index in [1.54, 1.807) is 20.6 Å². The highest BCUT2D eigenvalue weighted by Crippen LogP contribution is 2.39. The summed E-state index contributed by atoms with van der Waals surface area (Å²) in [5.74, 6) is 1.24. The zero-order valence-corrected chi connectivity index (χ0v) is 10.2. The second-order valence-corrected chi connectivity index (χ2v) is 7.71. The van der Waals surface area contributed by atoms with Gasteiger partial charge in [0.2, 0.25) is 0 Å². The van der Waals surface area contributed by atoms with Crippen LogP contribution in [-0.4, -0.2) is 17.3 Å². The van der Waals surface area contributed by atoms with Crippen molar-refractivity contribution in [2.45, 2.75) is 43.8 Å². The van der Waals surface area contributed by atoms with Gasteiger partial charge in [0, 0.05) is 5.75 Å². The predicted molar refractivity (Wildman–Crippen MR) is 65.2 cm³/mol. The van der Waals surface area contributed by atoms with Crippen LogP contribution in [0.4, 0.5) is 0 Å². The molecule has 1 fully saturated rings. The molecule has 1 atom stereocenters. The third kappa shape index (κ3) is 5.92. The van der Waals surface area contributed by atoms with Gasteiger partial charge in [0.15, 0.2) is 0 Å². The molecule has 1 aliphatic heterocycles. The lowest BCUT2D eigenvalue weighted by atomic mass is 10.1. The van der Waals surface area contributed by atoms with Gasteiger partial charge in [-0.2, -0.15) is 0 Å². The van der Waals surface area contributed by atoms with Crippen LogP contribution in [0.3, 0.4) is 0 Å². The van der Waals surface area contributed by atoms with Gasteiger partial charge in [0.1, 0.15) is 6.29 Å². The average Bonchev–Trinajstić information content (AvgIpc) is 2.22. The fraction of sp³-hybridized carbons (Fsp3) is 0.889. The monoisotopic (exact) mass is 236 g/mol. The van der Waals surface area contributed by atoms with Crippen LogP contribution < -0.4 is 0 Å². The highest BCUT2D eigenvalue weighted by Gasteiger charge is 2.09. The Kier molecular flexibility index (Phi) is 7.31. The van der Waals surface area contributed by atoms with Crippen molar-refractivity contribution in [1.82, 2.24) is 0 Å². The van der Waals surface area contributed by atoms with E-state index in [9.17, 15) is 4.79 Å². The smallest absolute Gasteiger partial charge is 0.133 e. The van der Waals surface area contributed by atoms with Crippen LogP contribution in [0, 0.1) is 0 Å². The lowest BCUT2D eigenvalue weighted by molar-refractivity contribution is -0.107. The van der Waals surface area contributed by atoms with Crippen LogP contribution in [0.25, 0.3) is 0 Å².